The van der Waals surface area contributed by atoms with E-state index in [1.54, 1.807) is 18.3 Å². The summed E-state index contributed by atoms with van der Waals surface area (Å²) in [7, 11) is 0. The summed E-state index contributed by atoms with van der Waals surface area (Å²) in [6, 6.07) is 3.35. The molecule has 5 nitrogen and oxygen atoms in total. The van der Waals surface area contributed by atoms with Crippen molar-refractivity contribution in [2.75, 3.05) is 6.73 Å². The summed E-state index contributed by atoms with van der Waals surface area (Å²) in [6.07, 6.45) is 17.3. The number of carbonyl (C=O) groups is 2. The second-order valence-electron chi connectivity index (χ2n) is 6.69. The molecule has 0 saturated carbocycles. The Labute approximate surface area is 157 Å². The smallest absolute Gasteiger partial charge is 0.307 e. The van der Waals surface area contributed by atoms with E-state index in [0.717, 1.165) is 12.8 Å². The van der Waals surface area contributed by atoms with Crippen LogP contribution in [0.3, 0.4) is 0 Å². The highest BCUT2D eigenvalue weighted by Gasteiger charge is 2.06. The van der Waals surface area contributed by atoms with Crippen LogP contribution in [0, 0.1) is 0 Å². The molecule has 146 valence electrons. The Morgan fingerprint density at radius 2 is 1.58 bits per heavy atom. The van der Waals surface area contributed by atoms with Crippen molar-refractivity contribution in [1.82, 2.24) is 10.3 Å². The van der Waals surface area contributed by atoms with E-state index in [1.807, 2.05) is 0 Å². The third-order valence-electron chi connectivity index (χ3n) is 4.37. The number of amides is 1. The van der Waals surface area contributed by atoms with Gasteiger partial charge in [-0.2, -0.15) is 0 Å². The summed E-state index contributed by atoms with van der Waals surface area (Å²) in [5.74, 6) is -0.548. The molecule has 0 aliphatic heterocycles. The largest absolute Gasteiger partial charge is 0.444 e. The van der Waals surface area contributed by atoms with Crippen LogP contribution in [0.25, 0.3) is 0 Å². The molecule has 1 aromatic rings. The number of esters is 1. The lowest BCUT2D eigenvalue weighted by atomic mass is 10.1. The van der Waals surface area contributed by atoms with Crippen LogP contribution in [0.4, 0.5) is 0 Å². The average Bonchev–Trinajstić information content (AvgIpc) is 2.66. The maximum Gasteiger partial charge on any atom is 0.307 e. The second-order valence-corrected chi connectivity index (χ2v) is 6.69. The summed E-state index contributed by atoms with van der Waals surface area (Å²) in [6.45, 7) is 2.15. The minimum Gasteiger partial charge on any atom is -0.444 e. The lowest BCUT2D eigenvalue weighted by Gasteiger charge is -2.07. The number of unbranched alkanes of at least 4 members (excludes halogenated alkanes) is 10. The first kappa shape index (κ1) is 22.1. The van der Waals surface area contributed by atoms with Gasteiger partial charge in [-0.1, -0.05) is 71.1 Å². The van der Waals surface area contributed by atoms with Crippen molar-refractivity contribution in [3.63, 3.8) is 0 Å². The van der Waals surface area contributed by atoms with E-state index in [1.165, 1.54) is 64.0 Å². The van der Waals surface area contributed by atoms with Crippen molar-refractivity contribution < 1.29 is 14.3 Å². The fourth-order valence-corrected chi connectivity index (χ4v) is 2.79. The second kappa shape index (κ2) is 15.4. The molecule has 1 amide bonds. The van der Waals surface area contributed by atoms with Crippen LogP contribution in [0.15, 0.2) is 24.5 Å². The Balaban J connectivity index is 1.89. The van der Waals surface area contributed by atoms with E-state index in [2.05, 4.69) is 17.2 Å². The quantitative estimate of drug-likeness (QED) is 0.270. The molecule has 0 fully saturated rings. The molecule has 1 heterocycles. The van der Waals surface area contributed by atoms with Gasteiger partial charge in [-0.05, 0) is 18.6 Å². The highest BCUT2D eigenvalue weighted by atomic mass is 16.5. The SMILES string of the molecule is CCCCCCCCCCCCCC(=O)OCNC(=O)c1cccnc1. The highest BCUT2D eigenvalue weighted by molar-refractivity contribution is 5.93. The van der Waals surface area contributed by atoms with Gasteiger partial charge < -0.3 is 10.1 Å². The normalized spacial score (nSPS) is 10.5. The van der Waals surface area contributed by atoms with Crippen LogP contribution in [0.2, 0.25) is 0 Å². The van der Waals surface area contributed by atoms with Crippen LogP contribution in [0.1, 0.15) is 94.3 Å². The van der Waals surface area contributed by atoms with E-state index < -0.39 is 0 Å². The van der Waals surface area contributed by atoms with Crippen molar-refractivity contribution in [3.05, 3.63) is 30.1 Å². The molecule has 5 heteroatoms. The molecule has 0 aliphatic rings. The first-order chi connectivity index (χ1) is 12.7. The molecule has 0 spiro atoms. The summed E-state index contributed by atoms with van der Waals surface area (Å²) < 4.78 is 5.03. The van der Waals surface area contributed by atoms with Crippen LogP contribution >= 0.6 is 0 Å². The lowest BCUT2D eigenvalue weighted by molar-refractivity contribution is -0.144. The van der Waals surface area contributed by atoms with E-state index in [4.69, 9.17) is 4.74 Å². The lowest BCUT2D eigenvalue weighted by Crippen LogP contribution is -2.27. The van der Waals surface area contributed by atoms with Crippen molar-refractivity contribution in [1.29, 1.82) is 0 Å². The molecule has 1 rings (SSSR count). The number of nitrogens with one attached hydrogen (secondary N) is 1. The van der Waals surface area contributed by atoms with Gasteiger partial charge in [0.15, 0.2) is 6.73 Å². The van der Waals surface area contributed by atoms with Gasteiger partial charge in [0.25, 0.3) is 5.91 Å². The van der Waals surface area contributed by atoms with Gasteiger partial charge in [-0.3, -0.25) is 14.6 Å². The number of nitrogens with zero attached hydrogens (tertiary/aromatic N) is 1. The van der Waals surface area contributed by atoms with E-state index in [9.17, 15) is 9.59 Å². The van der Waals surface area contributed by atoms with Gasteiger partial charge in [-0.25, -0.2) is 0 Å². The zero-order chi connectivity index (χ0) is 18.9. The summed E-state index contributed by atoms with van der Waals surface area (Å²) >= 11 is 0. The van der Waals surface area contributed by atoms with Gasteiger partial charge in [0.1, 0.15) is 0 Å². The van der Waals surface area contributed by atoms with Gasteiger partial charge in [-0.15, -0.1) is 0 Å². The van der Waals surface area contributed by atoms with E-state index in [-0.39, 0.29) is 18.6 Å². The first-order valence-electron chi connectivity index (χ1n) is 10.1. The zero-order valence-corrected chi connectivity index (χ0v) is 16.2. The highest BCUT2D eigenvalue weighted by Crippen LogP contribution is 2.12. The molecule has 0 radical (unpaired) electrons. The number of hydrogen-bond acceptors (Lipinski definition) is 4. The average molecular weight is 363 g/mol. The Bertz CT molecular complexity index is 491. The molecular formula is C21H34N2O3. The molecule has 0 aliphatic carbocycles. The number of aromatic nitrogens is 1. The van der Waals surface area contributed by atoms with Crippen LogP contribution in [-0.4, -0.2) is 23.6 Å². The molecule has 0 unspecified atom stereocenters. The third-order valence-corrected chi connectivity index (χ3v) is 4.37. The van der Waals surface area contributed by atoms with E-state index >= 15 is 0 Å². The van der Waals surface area contributed by atoms with Gasteiger partial charge >= 0.3 is 5.97 Å². The van der Waals surface area contributed by atoms with Crippen LogP contribution < -0.4 is 5.32 Å². The number of carbonyl (C=O) groups excluding carboxylic acids is 2. The topological polar surface area (TPSA) is 68.3 Å². The van der Waals surface area contributed by atoms with Crippen molar-refractivity contribution in [2.24, 2.45) is 0 Å². The van der Waals surface area contributed by atoms with E-state index in [0.29, 0.717) is 12.0 Å². The van der Waals surface area contributed by atoms with Gasteiger partial charge in [0.2, 0.25) is 0 Å². The number of ether oxygens (including phenoxy) is 1. The number of pyridine rings is 1. The monoisotopic (exact) mass is 362 g/mol. The predicted octanol–water partition coefficient (Wildman–Crippen LogP) is 5.01. The minimum atomic E-state index is -0.291. The minimum absolute atomic E-state index is 0.0927. The molecular weight excluding hydrogens is 328 g/mol. The van der Waals surface area contributed by atoms with Crippen molar-refractivity contribution in [3.8, 4) is 0 Å². The van der Waals surface area contributed by atoms with Gasteiger partial charge in [0.05, 0.1) is 5.56 Å². The summed E-state index contributed by atoms with van der Waals surface area (Å²) in [4.78, 5) is 27.3. The zero-order valence-electron chi connectivity index (χ0n) is 16.2. The fraction of sp³-hybridized carbons (Fsp3) is 0.667. The molecule has 1 N–H and O–H groups in total. The molecule has 0 aromatic carbocycles. The summed E-state index contributed by atoms with van der Waals surface area (Å²) in [5, 5.41) is 2.55. The Morgan fingerprint density at radius 3 is 2.15 bits per heavy atom. The Hall–Kier alpha value is -1.91. The van der Waals surface area contributed by atoms with Gasteiger partial charge in [0, 0.05) is 18.8 Å². The summed E-state index contributed by atoms with van der Waals surface area (Å²) in [5.41, 5.74) is 0.453. The predicted molar refractivity (Wildman–Crippen MR) is 104 cm³/mol. The molecule has 26 heavy (non-hydrogen) atoms. The number of hydrogen-bond donors (Lipinski definition) is 1. The van der Waals surface area contributed by atoms with Crippen LogP contribution in [0.5, 0.6) is 0 Å². The first-order valence-corrected chi connectivity index (χ1v) is 10.1. The Kier molecular flexibility index (Phi) is 13.1. The third kappa shape index (κ3) is 11.6. The van der Waals surface area contributed by atoms with Crippen molar-refractivity contribution >= 4 is 11.9 Å². The number of rotatable bonds is 15. The molecule has 0 bridgehead atoms. The van der Waals surface area contributed by atoms with Crippen molar-refractivity contribution in [2.45, 2.75) is 84.0 Å². The maximum absolute atomic E-state index is 11.7. The molecule has 0 saturated heterocycles. The fourth-order valence-electron chi connectivity index (χ4n) is 2.79. The standard InChI is InChI=1S/C21H34N2O3/c1-2-3-4-5-6-7-8-9-10-11-12-15-20(24)26-18-23-21(25)19-14-13-16-22-17-19/h13-14,16-17H,2-12,15,18H2,1H3,(H,23,25). The molecule has 1 aromatic heterocycles. The Morgan fingerprint density at radius 1 is 0.962 bits per heavy atom. The molecule has 0 atom stereocenters. The van der Waals surface area contributed by atoms with Crippen LogP contribution in [-0.2, 0) is 9.53 Å². The maximum atomic E-state index is 11.7.